The van der Waals surface area contributed by atoms with Crippen LogP contribution in [0.2, 0.25) is 0 Å². The van der Waals surface area contributed by atoms with E-state index in [4.69, 9.17) is 5.11 Å². The van der Waals surface area contributed by atoms with Crippen molar-refractivity contribution in [2.24, 2.45) is 0 Å². The third-order valence-corrected chi connectivity index (χ3v) is 2.78. The molecule has 5 nitrogen and oxygen atoms in total. The Kier molecular flexibility index (Phi) is 4.30. The molecule has 1 aromatic carbocycles. The van der Waals surface area contributed by atoms with E-state index in [1.165, 1.54) is 5.56 Å². The highest BCUT2D eigenvalue weighted by atomic mass is 16.4. The Morgan fingerprint density at radius 3 is 3.16 bits per heavy atom. The number of H-pyrrole nitrogens is 1. The lowest BCUT2D eigenvalue weighted by molar-refractivity contribution is -0.131. The first-order valence-electron chi connectivity index (χ1n) is 6.20. The Bertz CT molecular complexity index is 602. The molecule has 2 rings (SSSR count). The van der Waals surface area contributed by atoms with Gasteiger partial charge in [-0.05, 0) is 37.6 Å². The Morgan fingerprint density at radius 2 is 2.37 bits per heavy atom. The fraction of sp³-hybridized carbons (Fsp3) is 0.286. The van der Waals surface area contributed by atoms with Crippen LogP contribution in [0.25, 0.3) is 11.0 Å². The molecular weight excluding hydrogens is 242 g/mol. The highest BCUT2D eigenvalue weighted by Crippen LogP contribution is 2.13. The maximum atomic E-state index is 10.3. The van der Waals surface area contributed by atoms with Crippen molar-refractivity contribution in [2.45, 2.75) is 13.3 Å². The summed E-state index contributed by atoms with van der Waals surface area (Å²) < 4.78 is 0. The van der Waals surface area contributed by atoms with Gasteiger partial charge >= 0.3 is 5.97 Å². The van der Waals surface area contributed by atoms with Crippen molar-refractivity contribution in [2.75, 3.05) is 13.1 Å². The van der Waals surface area contributed by atoms with Crippen LogP contribution in [-0.4, -0.2) is 34.1 Å². The van der Waals surface area contributed by atoms with E-state index in [9.17, 15) is 4.79 Å². The van der Waals surface area contributed by atoms with Crippen LogP contribution in [0, 0.1) is 6.92 Å². The van der Waals surface area contributed by atoms with Crippen molar-refractivity contribution < 1.29 is 9.90 Å². The van der Waals surface area contributed by atoms with E-state index in [0.717, 1.165) is 35.9 Å². The number of aromatic nitrogens is 2. The summed E-state index contributed by atoms with van der Waals surface area (Å²) in [5, 5.41) is 11.6. The van der Waals surface area contributed by atoms with Gasteiger partial charge in [0.1, 0.15) is 5.82 Å². The monoisotopic (exact) mass is 259 g/mol. The zero-order valence-electron chi connectivity index (χ0n) is 10.8. The number of aryl methyl sites for hydroxylation is 1. The molecule has 0 unspecified atom stereocenters. The maximum Gasteiger partial charge on any atom is 0.328 e. The number of carbonyl (C=O) groups is 1. The molecule has 1 heterocycles. The number of hydrogen-bond acceptors (Lipinski definition) is 3. The normalized spacial score (nSPS) is 11.4. The van der Waals surface area contributed by atoms with E-state index in [2.05, 4.69) is 27.4 Å². The van der Waals surface area contributed by atoms with Crippen LogP contribution >= 0.6 is 0 Å². The zero-order chi connectivity index (χ0) is 13.7. The van der Waals surface area contributed by atoms with Gasteiger partial charge in [0.15, 0.2) is 0 Å². The molecule has 0 atom stereocenters. The summed E-state index contributed by atoms with van der Waals surface area (Å²) >= 11 is 0. The molecule has 0 aliphatic heterocycles. The second-order valence-electron chi connectivity index (χ2n) is 4.37. The third kappa shape index (κ3) is 3.93. The first-order valence-corrected chi connectivity index (χ1v) is 6.20. The summed E-state index contributed by atoms with van der Waals surface area (Å²) in [6, 6.07) is 6.18. The predicted molar refractivity (Wildman–Crippen MR) is 74.2 cm³/mol. The largest absolute Gasteiger partial charge is 0.478 e. The molecule has 0 bridgehead atoms. The summed E-state index contributed by atoms with van der Waals surface area (Å²) in [5.41, 5.74) is 3.27. The fourth-order valence-electron chi connectivity index (χ4n) is 1.92. The Balaban J connectivity index is 1.83. The first-order chi connectivity index (χ1) is 9.15. The summed E-state index contributed by atoms with van der Waals surface area (Å²) in [6.45, 7) is 3.32. The average molecular weight is 259 g/mol. The van der Waals surface area contributed by atoms with Crippen LogP contribution in [-0.2, 0) is 11.2 Å². The number of nitrogens with one attached hydrogen (secondary N) is 2. The second-order valence-corrected chi connectivity index (χ2v) is 4.37. The summed E-state index contributed by atoms with van der Waals surface area (Å²) in [4.78, 5) is 17.8. The van der Waals surface area contributed by atoms with Crippen LogP contribution in [0.1, 0.15) is 11.4 Å². The van der Waals surface area contributed by atoms with Crippen LogP contribution in [0.5, 0.6) is 0 Å². The minimum atomic E-state index is -0.915. The van der Waals surface area contributed by atoms with Gasteiger partial charge in [-0.2, -0.15) is 0 Å². The number of carboxylic acids is 1. The SMILES string of the molecule is Cc1nc2ccc(CCNC/C=C/C(=O)O)cc2[nH]1. The third-order valence-electron chi connectivity index (χ3n) is 2.78. The molecule has 0 fully saturated rings. The number of imidazole rings is 1. The van der Waals surface area contributed by atoms with Gasteiger partial charge in [0.2, 0.25) is 0 Å². The van der Waals surface area contributed by atoms with E-state index < -0.39 is 5.97 Å². The van der Waals surface area contributed by atoms with Gasteiger partial charge in [0.05, 0.1) is 11.0 Å². The fourth-order valence-corrected chi connectivity index (χ4v) is 1.92. The summed E-state index contributed by atoms with van der Waals surface area (Å²) in [7, 11) is 0. The standard InChI is InChI=1S/C14H17N3O2/c1-10-16-12-5-4-11(9-13(12)17-10)6-8-15-7-2-3-14(18)19/h2-5,9,15H,6-8H2,1H3,(H,16,17)(H,18,19)/b3-2+. The van der Waals surface area contributed by atoms with Gasteiger partial charge in [-0.15, -0.1) is 0 Å². The molecule has 100 valence electrons. The Hall–Kier alpha value is -2.14. The van der Waals surface area contributed by atoms with E-state index in [1.54, 1.807) is 6.08 Å². The molecule has 5 heteroatoms. The topological polar surface area (TPSA) is 78.0 Å². The maximum absolute atomic E-state index is 10.3. The number of fused-ring (bicyclic) bond motifs is 1. The van der Waals surface area contributed by atoms with Gasteiger partial charge in [-0.1, -0.05) is 12.1 Å². The lowest BCUT2D eigenvalue weighted by Crippen LogP contribution is -2.17. The molecule has 0 saturated carbocycles. The smallest absolute Gasteiger partial charge is 0.328 e. The van der Waals surface area contributed by atoms with Crippen molar-refractivity contribution in [1.82, 2.24) is 15.3 Å². The number of benzene rings is 1. The second kappa shape index (κ2) is 6.15. The van der Waals surface area contributed by atoms with Gasteiger partial charge in [-0.3, -0.25) is 0 Å². The minimum absolute atomic E-state index is 0.567. The summed E-state index contributed by atoms with van der Waals surface area (Å²) in [5.74, 6) is 0.00551. The number of nitrogens with zero attached hydrogens (tertiary/aromatic N) is 1. The van der Waals surface area contributed by atoms with Crippen molar-refractivity contribution in [3.05, 3.63) is 41.7 Å². The number of carboxylic acid groups (broad SMARTS) is 1. The van der Waals surface area contributed by atoms with E-state index >= 15 is 0 Å². The molecule has 0 amide bonds. The number of rotatable bonds is 6. The number of aromatic amines is 1. The molecule has 0 saturated heterocycles. The van der Waals surface area contributed by atoms with Crippen LogP contribution in [0.3, 0.4) is 0 Å². The van der Waals surface area contributed by atoms with Crippen LogP contribution < -0.4 is 5.32 Å². The average Bonchev–Trinajstić information content (AvgIpc) is 2.72. The van der Waals surface area contributed by atoms with Crippen molar-refractivity contribution >= 4 is 17.0 Å². The van der Waals surface area contributed by atoms with Crippen molar-refractivity contribution in [3.8, 4) is 0 Å². The van der Waals surface area contributed by atoms with Crippen LogP contribution in [0.4, 0.5) is 0 Å². The molecule has 0 radical (unpaired) electrons. The molecule has 1 aromatic heterocycles. The van der Waals surface area contributed by atoms with Crippen LogP contribution in [0.15, 0.2) is 30.4 Å². The van der Waals surface area contributed by atoms with Gasteiger partial charge in [0.25, 0.3) is 0 Å². The Morgan fingerprint density at radius 1 is 1.53 bits per heavy atom. The van der Waals surface area contributed by atoms with Crippen molar-refractivity contribution in [1.29, 1.82) is 0 Å². The van der Waals surface area contributed by atoms with E-state index in [1.807, 2.05) is 13.0 Å². The lowest BCUT2D eigenvalue weighted by atomic mass is 10.1. The van der Waals surface area contributed by atoms with E-state index in [0.29, 0.717) is 6.54 Å². The number of aliphatic carboxylic acids is 1. The quantitative estimate of drug-likeness (QED) is 0.544. The molecule has 3 N–H and O–H groups in total. The summed E-state index contributed by atoms with van der Waals surface area (Å²) in [6.07, 6.45) is 3.64. The lowest BCUT2D eigenvalue weighted by Gasteiger charge is -2.02. The first kappa shape index (κ1) is 13.3. The van der Waals surface area contributed by atoms with E-state index in [-0.39, 0.29) is 0 Å². The van der Waals surface area contributed by atoms with Gasteiger partial charge in [0, 0.05) is 12.6 Å². The molecule has 0 spiro atoms. The minimum Gasteiger partial charge on any atom is -0.478 e. The highest BCUT2D eigenvalue weighted by Gasteiger charge is 2.00. The van der Waals surface area contributed by atoms with Gasteiger partial charge in [-0.25, -0.2) is 9.78 Å². The molecule has 0 aliphatic carbocycles. The number of hydrogen-bond donors (Lipinski definition) is 3. The zero-order valence-corrected chi connectivity index (χ0v) is 10.8. The molecular formula is C14H17N3O2. The Labute approximate surface area is 111 Å². The van der Waals surface area contributed by atoms with Gasteiger partial charge < -0.3 is 15.4 Å². The predicted octanol–water partition coefficient (Wildman–Crippen LogP) is 1.64. The molecule has 19 heavy (non-hydrogen) atoms. The highest BCUT2D eigenvalue weighted by molar-refractivity contribution is 5.79. The molecule has 0 aliphatic rings. The molecule has 2 aromatic rings. The van der Waals surface area contributed by atoms with Crippen molar-refractivity contribution in [3.63, 3.8) is 0 Å².